The maximum absolute atomic E-state index is 13.0. The van der Waals surface area contributed by atoms with E-state index in [1.165, 1.54) is 6.42 Å². The lowest BCUT2D eigenvalue weighted by atomic mass is 9.91. The molecule has 0 bridgehead atoms. The Hall–Kier alpha value is -2.08. The number of benzene rings is 1. The number of methoxy groups -OCH3 is 1. The van der Waals surface area contributed by atoms with E-state index in [9.17, 15) is 4.79 Å². The Labute approximate surface area is 159 Å². The predicted molar refractivity (Wildman–Crippen MR) is 107 cm³/mol. The number of thiazole rings is 1. The first-order valence-electron chi connectivity index (χ1n) is 8.99. The number of likely N-dealkylation sites (tertiary alicyclic amines) is 1. The molecule has 0 spiro atoms. The van der Waals surface area contributed by atoms with Gasteiger partial charge in [-0.15, -0.1) is 11.3 Å². The number of rotatable bonds is 4. The Morgan fingerprint density at radius 2 is 1.96 bits per heavy atom. The van der Waals surface area contributed by atoms with E-state index in [-0.39, 0.29) is 5.91 Å². The molecule has 0 radical (unpaired) electrons. The third-order valence-electron chi connectivity index (χ3n) is 4.75. The molecule has 1 aliphatic rings. The second kappa shape index (κ2) is 7.66. The van der Waals surface area contributed by atoms with E-state index >= 15 is 0 Å². The number of piperidine rings is 1. The minimum Gasteiger partial charge on any atom is -0.496 e. The third kappa shape index (κ3) is 3.85. The van der Waals surface area contributed by atoms with Gasteiger partial charge in [0.05, 0.1) is 12.8 Å². The summed E-state index contributed by atoms with van der Waals surface area (Å²) in [5.74, 6) is 1.91. The molecule has 1 aliphatic heterocycles. The minimum atomic E-state index is 0.0929. The van der Waals surface area contributed by atoms with Gasteiger partial charge in [-0.05, 0) is 36.5 Å². The molecular weight excluding hydrogens is 346 g/mol. The van der Waals surface area contributed by atoms with Gasteiger partial charge in [0.15, 0.2) is 5.13 Å². The summed E-state index contributed by atoms with van der Waals surface area (Å²) in [4.78, 5) is 21.7. The summed E-state index contributed by atoms with van der Waals surface area (Å²) in [5, 5.41) is 2.93. The van der Waals surface area contributed by atoms with Crippen LogP contribution in [0.15, 0.2) is 23.6 Å². The Morgan fingerprint density at radius 3 is 2.54 bits per heavy atom. The summed E-state index contributed by atoms with van der Waals surface area (Å²) >= 11 is 1.58. The normalized spacial score (nSPS) is 20.1. The maximum Gasteiger partial charge on any atom is 0.253 e. The number of anilines is 1. The van der Waals surface area contributed by atoms with Gasteiger partial charge in [-0.2, -0.15) is 0 Å². The Bertz CT molecular complexity index is 777. The molecule has 3 rings (SSSR count). The molecule has 0 saturated carbocycles. The Morgan fingerprint density at radius 1 is 1.27 bits per heavy atom. The fraction of sp³-hybridized carbons (Fsp3) is 0.500. The average molecular weight is 374 g/mol. The monoisotopic (exact) mass is 373 g/mol. The second-order valence-electron chi connectivity index (χ2n) is 7.48. The first-order chi connectivity index (χ1) is 12.4. The zero-order valence-electron chi connectivity index (χ0n) is 16.2. The van der Waals surface area contributed by atoms with Crippen molar-refractivity contribution < 1.29 is 9.53 Å². The minimum absolute atomic E-state index is 0.0929. The summed E-state index contributed by atoms with van der Waals surface area (Å²) in [5.41, 5.74) is 2.40. The number of amides is 1. The van der Waals surface area contributed by atoms with Crippen LogP contribution < -0.4 is 9.64 Å². The van der Waals surface area contributed by atoms with Crippen molar-refractivity contribution in [1.82, 2.24) is 9.88 Å². The zero-order valence-corrected chi connectivity index (χ0v) is 17.0. The fourth-order valence-electron chi connectivity index (χ4n) is 3.65. The van der Waals surface area contributed by atoms with E-state index in [1.54, 1.807) is 18.4 Å². The summed E-state index contributed by atoms with van der Waals surface area (Å²) < 4.78 is 5.51. The van der Waals surface area contributed by atoms with Crippen molar-refractivity contribution in [2.75, 3.05) is 39.2 Å². The van der Waals surface area contributed by atoms with Crippen molar-refractivity contribution in [1.29, 1.82) is 0 Å². The molecular formula is C20H27N3O2S. The molecule has 140 valence electrons. The lowest BCUT2D eigenvalue weighted by Gasteiger charge is -2.35. The Balaban J connectivity index is 1.92. The lowest BCUT2D eigenvalue weighted by Crippen LogP contribution is -2.42. The average Bonchev–Trinajstić information content (AvgIpc) is 3.10. The third-order valence-corrected chi connectivity index (χ3v) is 5.76. The molecule has 1 aromatic carbocycles. The van der Waals surface area contributed by atoms with Crippen LogP contribution in [-0.4, -0.2) is 50.1 Å². The van der Waals surface area contributed by atoms with Gasteiger partial charge in [0, 0.05) is 43.7 Å². The molecule has 2 unspecified atom stereocenters. The molecule has 6 heteroatoms. The largest absolute Gasteiger partial charge is 0.496 e. The first kappa shape index (κ1) is 18.7. The molecule has 0 aliphatic carbocycles. The van der Waals surface area contributed by atoms with Gasteiger partial charge in [0.1, 0.15) is 5.75 Å². The van der Waals surface area contributed by atoms with E-state index in [1.807, 2.05) is 47.5 Å². The van der Waals surface area contributed by atoms with Crippen LogP contribution in [-0.2, 0) is 0 Å². The molecule has 2 aromatic rings. The SMILES string of the molecule is COc1ccc(C(=O)N2CC(C)CC(C)C2)cc1-c1csc(N(C)C)n1. The fourth-order valence-corrected chi connectivity index (χ4v) is 4.40. The highest BCUT2D eigenvalue weighted by molar-refractivity contribution is 7.14. The van der Waals surface area contributed by atoms with E-state index < -0.39 is 0 Å². The van der Waals surface area contributed by atoms with Crippen molar-refractivity contribution in [3.05, 3.63) is 29.1 Å². The quantitative estimate of drug-likeness (QED) is 0.813. The maximum atomic E-state index is 13.0. The van der Waals surface area contributed by atoms with Crippen LogP contribution in [0.2, 0.25) is 0 Å². The smallest absolute Gasteiger partial charge is 0.253 e. The van der Waals surface area contributed by atoms with Crippen LogP contribution in [0.4, 0.5) is 5.13 Å². The lowest BCUT2D eigenvalue weighted by molar-refractivity contribution is 0.0623. The van der Waals surface area contributed by atoms with Crippen LogP contribution in [0, 0.1) is 11.8 Å². The molecule has 2 heterocycles. The summed E-state index contributed by atoms with van der Waals surface area (Å²) in [7, 11) is 5.59. The van der Waals surface area contributed by atoms with E-state index in [2.05, 4.69) is 18.8 Å². The van der Waals surface area contributed by atoms with Gasteiger partial charge in [-0.1, -0.05) is 13.8 Å². The number of carbonyl (C=O) groups excluding carboxylic acids is 1. The van der Waals surface area contributed by atoms with Crippen molar-refractivity contribution in [2.45, 2.75) is 20.3 Å². The van der Waals surface area contributed by atoms with Crippen LogP contribution in [0.1, 0.15) is 30.6 Å². The van der Waals surface area contributed by atoms with Gasteiger partial charge in [0.2, 0.25) is 0 Å². The van der Waals surface area contributed by atoms with Crippen molar-refractivity contribution >= 4 is 22.4 Å². The van der Waals surface area contributed by atoms with Crippen LogP contribution >= 0.6 is 11.3 Å². The topological polar surface area (TPSA) is 45.7 Å². The number of nitrogens with zero attached hydrogens (tertiary/aromatic N) is 3. The highest BCUT2D eigenvalue weighted by Gasteiger charge is 2.26. The molecule has 26 heavy (non-hydrogen) atoms. The van der Waals surface area contributed by atoms with Crippen molar-refractivity contribution in [3.63, 3.8) is 0 Å². The summed E-state index contributed by atoms with van der Waals surface area (Å²) in [6.07, 6.45) is 1.18. The van der Waals surface area contributed by atoms with Crippen LogP contribution in [0.3, 0.4) is 0 Å². The second-order valence-corrected chi connectivity index (χ2v) is 8.32. The number of ether oxygens (including phenoxy) is 1. The van der Waals surface area contributed by atoms with E-state index in [4.69, 9.17) is 4.74 Å². The molecule has 1 fully saturated rings. The van der Waals surface area contributed by atoms with Gasteiger partial charge >= 0.3 is 0 Å². The molecule has 1 saturated heterocycles. The Kier molecular flexibility index (Phi) is 5.51. The molecule has 2 atom stereocenters. The number of hydrogen-bond donors (Lipinski definition) is 0. The standard InChI is InChI=1S/C20H27N3O2S/c1-13-8-14(2)11-23(10-13)19(24)15-6-7-18(25-5)16(9-15)17-12-26-20(21-17)22(3)4/h6-7,9,12-14H,8,10-11H2,1-5H3. The van der Waals surface area contributed by atoms with E-state index in [0.29, 0.717) is 17.4 Å². The molecule has 0 N–H and O–H groups in total. The molecule has 1 amide bonds. The zero-order chi connectivity index (χ0) is 18.8. The van der Waals surface area contributed by atoms with Crippen molar-refractivity contribution in [2.24, 2.45) is 11.8 Å². The number of carbonyl (C=O) groups is 1. The van der Waals surface area contributed by atoms with Gasteiger partial charge in [0.25, 0.3) is 5.91 Å². The van der Waals surface area contributed by atoms with Crippen molar-refractivity contribution in [3.8, 4) is 17.0 Å². The van der Waals surface area contributed by atoms with E-state index in [0.717, 1.165) is 35.2 Å². The number of aromatic nitrogens is 1. The highest BCUT2D eigenvalue weighted by atomic mass is 32.1. The number of hydrogen-bond acceptors (Lipinski definition) is 5. The van der Waals surface area contributed by atoms with Gasteiger partial charge in [-0.25, -0.2) is 4.98 Å². The molecule has 1 aromatic heterocycles. The molecule has 5 nitrogen and oxygen atoms in total. The van der Waals surface area contributed by atoms with Crippen LogP contribution in [0.5, 0.6) is 5.75 Å². The van der Waals surface area contributed by atoms with Gasteiger partial charge < -0.3 is 14.5 Å². The summed E-state index contributed by atoms with van der Waals surface area (Å²) in [6.45, 7) is 6.08. The highest BCUT2D eigenvalue weighted by Crippen LogP contribution is 2.34. The van der Waals surface area contributed by atoms with Gasteiger partial charge in [-0.3, -0.25) is 4.79 Å². The van der Waals surface area contributed by atoms with Crippen LogP contribution in [0.25, 0.3) is 11.3 Å². The summed E-state index contributed by atoms with van der Waals surface area (Å²) in [6, 6.07) is 5.64. The first-order valence-corrected chi connectivity index (χ1v) is 9.87. The predicted octanol–water partition coefficient (Wildman–Crippen LogP) is 4.00.